The molecule has 0 atom stereocenters. The Morgan fingerprint density at radius 3 is 2.18 bits per heavy atom. The molecule has 0 bridgehead atoms. The Labute approximate surface area is 101 Å². The Balaban J connectivity index is 2.73. The molecule has 0 aromatic heterocycles. The van der Waals surface area contributed by atoms with Gasteiger partial charge in [-0.05, 0) is 43.5 Å². The van der Waals surface area contributed by atoms with Crippen LogP contribution in [-0.4, -0.2) is 0 Å². The van der Waals surface area contributed by atoms with E-state index in [0.717, 1.165) is 22.3 Å². The van der Waals surface area contributed by atoms with E-state index in [9.17, 15) is 4.39 Å². The van der Waals surface area contributed by atoms with Crippen molar-refractivity contribution in [1.82, 2.24) is 0 Å². The van der Waals surface area contributed by atoms with Crippen LogP contribution in [-0.2, 0) is 0 Å². The van der Waals surface area contributed by atoms with Gasteiger partial charge in [-0.25, -0.2) is 4.39 Å². The summed E-state index contributed by atoms with van der Waals surface area (Å²) < 4.78 is 13.5. The fourth-order valence-corrected chi connectivity index (χ4v) is 2.36. The molecule has 1 nitrogen and oxygen atoms in total. The number of para-hydroxylation sites is 1. The highest BCUT2D eigenvalue weighted by Crippen LogP contribution is 2.33. The molecule has 88 valence electrons. The van der Waals surface area contributed by atoms with E-state index in [1.165, 1.54) is 11.6 Å². The highest BCUT2D eigenvalue weighted by molar-refractivity contribution is 5.81. The van der Waals surface area contributed by atoms with Gasteiger partial charge in [0, 0.05) is 5.56 Å². The molecule has 17 heavy (non-hydrogen) atoms. The molecule has 0 heterocycles. The average Bonchev–Trinajstić information content (AvgIpc) is 2.23. The first-order valence-electron chi connectivity index (χ1n) is 5.63. The van der Waals surface area contributed by atoms with Gasteiger partial charge in [-0.15, -0.1) is 0 Å². The Morgan fingerprint density at radius 1 is 1.00 bits per heavy atom. The maximum Gasteiger partial charge on any atom is 0.146 e. The van der Waals surface area contributed by atoms with E-state index < -0.39 is 0 Å². The van der Waals surface area contributed by atoms with Crippen LogP contribution in [0, 0.1) is 26.6 Å². The second-order valence-corrected chi connectivity index (χ2v) is 4.47. The van der Waals surface area contributed by atoms with Crippen LogP contribution in [0.3, 0.4) is 0 Å². The predicted molar refractivity (Wildman–Crippen MR) is 70.5 cm³/mol. The van der Waals surface area contributed by atoms with Crippen LogP contribution in [0.2, 0.25) is 0 Å². The second kappa shape index (κ2) is 4.21. The lowest BCUT2D eigenvalue weighted by molar-refractivity contribution is 0.633. The highest BCUT2D eigenvalue weighted by Gasteiger charge is 2.11. The molecule has 0 aliphatic heterocycles. The minimum Gasteiger partial charge on any atom is -0.396 e. The second-order valence-electron chi connectivity index (χ2n) is 4.47. The molecule has 2 heteroatoms. The monoisotopic (exact) mass is 229 g/mol. The van der Waals surface area contributed by atoms with Crippen molar-refractivity contribution in [2.45, 2.75) is 20.8 Å². The number of aryl methyl sites for hydroxylation is 3. The van der Waals surface area contributed by atoms with Gasteiger partial charge in [-0.3, -0.25) is 0 Å². The van der Waals surface area contributed by atoms with Crippen molar-refractivity contribution < 1.29 is 4.39 Å². The fraction of sp³-hybridized carbons (Fsp3) is 0.200. The summed E-state index contributed by atoms with van der Waals surface area (Å²) in [6.45, 7) is 6.11. The molecular formula is C15H16FN. The third-order valence-corrected chi connectivity index (χ3v) is 3.00. The zero-order valence-electron chi connectivity index (χ0n) is 10.3. The van der Waals surface area contributed by atoms with Gasteiger partial charge in [0.05, 0.1) is 5.69 Å². The number of halogens is 1. The first-order chi connectivity index (χ1) is 8.00. The highest BCUT2D eigenvalue weighted by atomic mass is 19.1. The van der Waals surface area contributed by atoms with Gasteiger partial charge in [-0.1, -0.05) is 29.8 Å². The summed E-state index contributed by atoms with van der Waals surface area (Å²) >= 11 is 0. The smallest absolute Gasteiger partial charge is 0.146 e. The largest absolute Gasteiger partial charge is 0.396 e. The van der Waals surface area contributed by atoms with Gasteiger partial charge in [-0.2, -0.15) is 0 Å². The molecule has 0 aliphatic rings. The van der Waals surface area contributed by atoms with E-state index in [1.807, 2.05) is 19.9 Å². The quantitative estimate of drug-likeness (QED) is 0.735. The van der Waals surface area contributed by atoms with E-state index in [2.05, 4.69) is 19.1 Å². The van der Waals surface area contributed by atoms with E-state index >= 15 is 0 Å². The van der Waals surface area contributed by atoms with Gasteiger partial charge in [0.1, 0.15) is 5.82 Å². The van der Waals surface area contributed by atoms with Crippen molar-refractivity contribution in [2.24, 2.45) is 0 Å². The van der Waals surface area contributed by atoms with Gasteiger partial charge in [0.15, 0.2) is 0 Å². The zero-order valence-corrected chi connectivity index (χ0v) is 10.3. The van der Waals surface area contributed by atoms with Gasteiger partial charge < -0.3 is 5.73 Å². The SMILES string of the molecule is Cc1cc(C)c(-c2cccc(F)c2N)c(C)c1. The summed E-state index contributed by atoms with van der Waals surface area (Å²) in [5.74, 6) is -0.359. The molecule has 2 rings (SSSR count). The number of anilines is 1. The number of hydrogen-bond donors (Lipinski definition) is 1. The molecule has 0 aliphatic carbocycles. The molecule has 0 fully saturated rings. The summed E-state index contributed by atoms with van der Waals surface area (Å²) in [6.07, 6.45) is 0. The molecule has 0 amide bonds. The molecular weight excluding hydrogens is 213 g/mol. The van der Waals surface area contributed by atoms with Crippen molar-refractivity contribution in [2.75, 3.05) is 5.73 Å². The first-order valence-corrected chi connectivity index (χ1v) is 5.63. The molecule has 0 saturated heterocycles. The van der Waals surface area contributed by atoms with Crippen LogP contribution in [0.1, 0.15) is 16.7 Å². The van der Waals surface area contributed by atoms with Gasteiger partial charge in [0.2, 0.25) is 0 Å². The molecule has 0 radical (unpaired) electrons. The van der Waals surface area contributed by atoms with Crippen molar-refractivity contribution >= 4 is 5.69 Å². The molecule has 0 spiro atoms. The summed E-state index contributed by atoms with van der Waals surface area (Å²) in [6, 6.07) is 9.12. The summed E-state index contributed by atoms with van der Waals surface area (Å²) in [5.41, 5.74) is 11.3. The minimum atomic E-state index is -0.359. The van der Waals surface area contributed by atoms with Crippen molar-refractivity contribution in [1.29, 1.82) is 0 Å². The summed E-state index contributed by atoms with van der Waals surface area (Å²) in [7, 11) is 0. The molecule has 2 N–H and O–H groups in total. The average molecular weight is 229 g/mol. The van der Waals surface area contributed by atoms with Crippen LogP contribution in [0.5, 0.6) is 0 Å². The Bertz CT molecular complexity index is 550. The van der Waals surface area contributed by atoms with E-state index in [1.54, 1.807) is 6.07 Å². The summed E-state index contributed by atoms with van der Waals surface area (Å²) in [4.78, 5) is 0. The molecule has 0 saturated carbocycles. The molecule has 2 aromatic carbocycles. The van der Waals surface area contributed by atoms with Crippen molar-refractivity contribution in [3.05, 3.63) is 52.8 Å². The minimum absolute atomic E-state index is 0.225. The lowest BCUT2D eigenvalue weighted by Gasteiger charge is -2.14. The maximum atomic E-state index is 13.5. The predicted octanol–water partition coefficient (Wildman–Crippen LogP) is 4.00. The van der Waals surface area contributed by atoms with Gasteiger partial charge >= 0.3 is 0 Å². The third kappa shape index (κ3) is 2.03. The standard InChI is InChI=1S/C15H16FN/c1-9-7-10(2)14(11(3)8-9)12-5-4-6-13(16)15(12)17/h4-8H,17H2,1-3H3. The number of nitrogens with two attached hydrogens (primary N) is 1. The number of nitrogen functional groups attached to an aromatic ring is 1. The number of benzene rings is 2. The van der Waals surface area contributed by atoms with Crippen LogP contribution in [0.25, 0.3) is 11.1 Å². The zero-order chi connectivity index (χ0) is 12.6. The first kappa shape index (κ1) is 11.6. The summed E-state index contributed by atoms with van der Waals surface area (Å²) in [5, 5.41) is 0. The Kier molecular flexibility index (Phi) is 2.88. The maximum absolute atomic E-state index is 13.5. The van der Waals surface area contributed by atoms with E-state index in [4.69, 9.17) is 5.73 Å². The van der Waals surface area contributed by atoms with E-state index in [0.29, 0.717) is 0 Å². The van der Waals surface area contributed by atoms with Crippen molar-refractivity contribution in [3.63, 3.8) is 0 Å². The molecule has 2 aromatic rings. The lowest BCUT2D eigenvalue weighted by Crippen LogP contribution is -1.97. The van der Waals surface area contributed by atoms with Crippen LogP contribution >= 0.6 is 0 Å². The van der Waals surface area contributed by atoms with Crippen LogP contribution < -0.4 is 5.73 Å². The van der Waals surface area contributed by atoms with E-state index in [-0.39, 0.29) is 11.5 Å². The van der Waals surface area contributed by atoms with Crippen molar-refractivity contribution in [3.8, 4) is 11.1 Å². The van der Waals surface area contributed by atoms with Crippen LogP contribution in [0.15, 0.2) is 30.3 Å². The Hall–Kier alpha value is -1.83. The fourth-order valence-electron chi connectivity index (χ4n) is 2.36. The molecule has 0 unspecified atom stereocenters. The number of rotatable bonds is 1. The third-order valence-electron chi connectivity index (χ3n) is 3.00. The Morgan fingerprint density at radius 2 is 1.59 bits per heavy atom. The normalized spacial score (nSPS) is 10.6. The number of hydrogen-bond acceptors (Lipinski definition) is 1. The van der Waals surface area contributed by atoms with Gasteiger partial charge in [0.25, 0.3) is 0 Å². The topological polar surface area (TPSA) is 26.0 Å². The van der Waals surface area contributed by atoms with Crippen LogP contribution in [0.4, 0.5) is 10.1 Å². The lowest BCUT2D eigenvalue weighted by atomic mass is 9.93.